The number of benzene rings is 2. The number of carbonyl (C=O) groups excluding carboxylic acids is 1. The van der Waals surface area contributed by atoms with Crippen LogP contribution in [0.25, 0.3) is 0 Å². The molecule has 0 spiro atoms. The van der Waals surface area contributed by atoms with Crippen LogP contribution in [-0.4, -0.2) is 11.1 Å². The Bertz CT molecular complexity index is 706. The van der Waals surface area contributed by atoms with Crippen molar-refractivity contribution in [2.24, 2.45) is 0 Å². The molecule has 2 amide bonds. The van der Waals surface area contributed by atoms with Gasteiger partial charge in [-0.1, -0.05) is 55.1 Å². The fourth-order valence-corrected chi connectivity index (χ4v) is 3.63. The van der Waals surface area contributed by atoms with Crippen molar-refractivity contribution < 1.29 is 9.90 Å². The molecule has 22 heavy (non-hydrogen) atoms. The molecule has 0 saturated heterocycles. The second-order valence-electron chi connectivity index (χ2n) is 4.31. The summed E-state index contributed by atoms with van der Waals surface area (Å²) in [4.78, 5) is 12.1. The van der Waals surface area contributed by atoms with Crippen LogP contribution < -0.4 is 10.6 Å². The molecule has 0 aliphatic carbocycles. The summed E-state index contributed by atoms with van der Waals surface area (Å²) >= 11 is 18.6. The largest absolute Gasteiger partial charge is 0.392 e. The fraction of sp³-hybridized carbons (Fsp3) is 0.0714. The van der Waals surface area contributed by atoms with Crippen LogP contribution >= 0.6 is 55.1 Å². The van der Waals surface area contributed by atoms with Gasteiger partial charge in [-0.25, -0.2) is 4.79 Å². The molecule has 0 aliphatic heterocycles. The summed E-state index contributed by atoms with van der Waals surface area (Å²) in [6.07, 6.45) is 0. The van der Waals surface area contributed by atoms with E-state index in [2.05, 4.69) is 42.5 Å². The molecule has 0 atom stereocenters. The molecule has 116 valence electrons. The number of carbonyl (C=O) groups is 1. The first-order valence-electron chi connectivity index (χ1n) is 6.02. The second-order valence-corrected chi connectivity index (χ2v) is 6.98. The number of halogens is 4. The molecule has 0 aliphatic rings. The highest BCUT2D eigenvalue weighted by Gasteiger charge is 2.12. The monoisotopic (exact) mass is 466 g/mol. The maximum absolute atomic E-state index is 12.1. The number of aliphatic hydroxyl groups excluding tert-OH is 1. The molecular weight excluding hydrogens is 459 g/mol. The van der Waals surface area contributed by atoms with Gasteiger partial charge in [-0.3, -0.25) is 0 Å². The summed E-state index contributed by atoms with van der Waals surface area (Å²) in [6, 6.07) is 7.91. The molecular formula is C14H10Br2Cl2N2O2. The number of urea groups is 1. The zero-order chi connectivity index (χ0) is 16.3. The Hall–Kier alpha value is -0.790. The molecule has 2 aromatic carbocycles. The third-order valence-corrected chi connectivity index (χ3v) is 4.16. The molecule has 0 aromatic heterocycles. The Labute approximate surface area is 154 Å². The molecule has 0 unspecified atom stereocenters. The van der Waals surface area contributed by atoms with Crippen LogP contribution in [-0.2, 0) is 6.61 Å². The van der Waals surface area contributed by atoms with Crippen LogP contribution in [0, 0.1) is 0 Å². The van der Waals surface area contributed by atoms with E-state index in [1.165, 1.54) is 12.1 Å². The molecule has 8 heteroatoms. The first-order valence-corrected chi connectivity index (χ1v) is 8.36. The van der Waals surface area contributed by atoms with E-state index in [9.17, 15) is 9.90 Å². The molecule has 0 fully saturated rings. The minimum atomic E-state index is -0.474. The lowest BCUT2D eigenvalue weighted by molar-refractivity contribution is 0.262. The van der Waals surface area contributed by atoms with Gasteiger partial charge >= 0.3 is 6.03 Å². The molecule has 0 bridgehead atoms. The maximum Gasteiger partial charge on any atom is 0.323 e. The molecule has 3 N–H and O–H groups in total. The van der Waals surface area contributed by atoms with E-state index in [0.29, 0.717) is 22.0 Å². The van der Waals surface area contributed by atoms with Crippen LogP contribution in [0.15, 0.2) is 39.3 Å². The van der Waals surface area contributed by atoms with E-state index in [4.69, 9.17) is 23.2 Å². The lowest BCUT2D eigenvalue weighted by Gasteiger charge is -2.13. The lowest BCUT2D eigenvalue weighted by atomic mass is 10.2. The Morgan fingerprint density at radius 3 is 2.27 bits per heavy atom. The van der Waals surface area contributed by atoms with E-state index in [-0.39, 0.29) is 11.6 Å². The average molecular weight is 469 g/mol. The highest BCUT2D eigenvalue weighted by atomic mass is 79.9. The summed E-state index contributed by atoms with van der Waals surface area (Å²) in [5.74, 6) is 0. The molecule has 0 saturated carbocycles. The second kappa shape index (κ2) is 7.66. The first kappa shape index (κ1) is 17.6. The number of hydrogen-bond donors (Lipinski definition) is 3. The minimum absolute atomic E-state index is 0.288. The van der Waals surface area contributed by atoms with Gasteiger partial charge < -0.3 is 15.7 Å². The van der Waals surface area contributed by atoms with Gasteiger partial charge in [0.05, 0.1) is 12.3 Å². The van der Waals surface area contributed by atoms with E-state index in [0.717, 1.165) is 8.95 Å². The fourth-order valence-electron chi connectivity index (χ4n) is 1.79. The van der Waals surface area contributed by atoms with Gasteiger partial charge in [0.25, 0.3) is 0 Å². The molecule has 2 aromatic rings. The zero-order valence-electron chi connectivity index (χ0n) is 11.0. The molecule has 0 radical (unpaired) electrons. The quantitative estimate of drug-likeness (QED) is 0.544. The van der Waals surface area contributed by atoms with Crippen molar-refractivity contribution in [3.63, 3.8) is 0 Å². The van der Waals surface area contributed by atoms with Crippen LogP contribution in [0.2, 0.25) is 10.0 Å². The van der Waals surface area contributed by atoms with Crippen molar-refractivity contribution in [1.29, 1.82) is 0 Å². The summed E-state index contributed by atoms with van der Waals surface area (Å²) in [5.41, 5.74) is 1.35. The highest BCUT2D eigenvalue weighted by Crippen LogP contribution is 2.29. The van der Waals surface area contributed by atoms with E-state index in [1.807, 2.05) is 6.07 Å². The van der Waals surface area contributed by atoms with Crippen molar-refractivity contribution in [2.75, 3.05) is 10.6 Å². The highest BCUT2D eigenvalue weighted by molar-refractivity contribution is 9.11. The standard InChI is InChI=1S/C14H10Br2Cl2N2O2/c15-7-1-8(16)3-10(2-7)19-14(22)20-13-5-9(17)4-12(18)11(13)6-21/h1-5,21H,6H2,(H2,19,20,22). The minimum Gasteiger partial charge on any atom is -0.392 e. The van der Waals surface area contributed by atoms with Gasteiger partial charge in [0.2, 0.25) is 0 Å². The maximum atomic E-state index is 12.1. The van der Waals surface area contributed by atoms with Crippen molar-refractivity contribution in [2.45, 2.75) is 6.61 Å². The third-order valence-electron chi connectivity index (χ3n) is 2.69. The topological polar surface area (TPSA) is 61.4 Å². The Balaban J connectivity index is 2.19. The Morgan fingerprint density at radius 2 is 1.68 bits per heavy atom. The van der Waals surface area contributed by atoms with Gasteiger partial charge in [0.15, 0.2) is 0 Å². The number of aliphatic hydroxyl groups is 1. The molecule has 0 heterocycles. The van der Waals surface area contributed by atoms with Gasteiger partial charge in [-0.2, -0.15) is 0 Å². The molecule has 4 nitrogen and oxygen atoms in total. The smallest absolute Gasteiger partial charge is 0.323 e. The SMILES string of the molecule is O=C(Nc1cc(Br)cc(Br)c1)Nc1cc(Cl)cc(Cl)c1CO. The number of anilines is 2. The number of rotatable bonds is 3. The number of hydrogen-bond acceptors (Lipinski definition) is 2. The summed E-state index contributed by atoms with van der Waals surface area (Å²) in [6.45, 7) is -0.311. The predicted octanol–water partition coefficient (Wildman–Crippen LogP) is 5.65. The zero-order valence-corrected chi connectivity index (χ0v) is 15.6. The lowest BCUT2D eigenvalue weighted by Crippen LogP contribution is -2.20. The van der Waals surface area contributed by atoms with Crippen LogP contribution in [0.1, 0.15) is 5.56 Å². The van der Waals surface area contributed by atoms with Gasteiger partial charge in [0.1, 0.15) is 0 Å². The number of nitrogens with one attached hydrogen (secondary N) is 2. The van der Waals surface area contributed by atoms with Crippen LogP contribution in [0.4, 0.5) is 16.2 Å². The van der Waals surface area contributed by atoms with Crippen molar-refractivity contribution in [3.8, 4) is 0 Å². The summed E-state index contributed by atoms with van der Waals surface area (Å²) < 4.78 is 1.64. The van der Waals surface area contributed by atoms with Gasteiger partial charge in [0, 0.05) is 30.2 Å². The van der Waals surface area contributed by atoms with Crippen LogP contribution in [0.3, 0.4) is 0 Å². The van der Waals surface area contributed by atoms with Gasteiger partial charge in [-0.15, -0.1) is 0 Å². The Kier molecular flexibility index (Phi) is 6.11. The van der Waals surface area contributed by atoms with Crippen molar-refractivity contribution in [3.05, 3.63) is 54.9 Å². The van der Waals surface area contributed by atoms with E-state index >= 15 is 0 Å². The summed E-state index contributed by atoms with van der Waals surface area (Å²) in [7, 11) is 0. The van der Waals surface area contributed by atoms with Crippen molar-refractivity contribution in [1.82, 2.24) is 0 Å². The average Bonchev–Trinajstić information content (AvgIpc) is 2.36. The number of amides is 2. The van der Waals surface area contributed by atoms with Crippen LogP contribution in [0.5, 0.6) is 0 Å². The molecule has 2 rings (SSSR count). The third kappa shape index (κ3) is 4.60. The van der Waals surface area contributed by atoms with E-state index in [1.54, 1.807) is 12.1 Å². The van der Waals surface area contributed by atoms with Crippen molar-refractivity contribution >= 4 is 72.5 Å². The first-order chi connectivity index (χ1) is 10.4. The summed E-state index contributed by atoms with van der Waals surface area (Å²) in [5, 5.41) is 15.3. The van der Waals surface area contributed by atoms with E-state index < -0.39 is 6.03 Å². The predicted molar refractivity (Wildman–Crippen MR) is 96.9 cm³/mol. The Morgan fingerprint density at radius 1 is 1.05 bits per heavy atom. The van der Waals surface area contributed by atoms with Gasteiger partial charge in [-0.05, 0) is 30.3 Å². The normalized spacial score (nSPS) is 10.4.